The van der Waals surface area contributed by atoms with E-state index in [9.17, 15) is 4.39 Å². The van der Waals surface area contributed by atoms with E-state index in [4.69, 9.17) is 4.42 Å². The summed E-state index contributed by atoms with van der Waals surface area (Å²) in [6.45, 7) is 2.95. The zero-order valence-corrected chi connectivity index (χ0v) is 14.6. The van der Waals surface area contributed by atoms with E-state index in [1.807, 2.05) is 12.3 Å². The number of aromatic nitrogens is 2. The van der Waals surface area contributed by atoms with Crippen molar-refractivity contribution in [2.45, 2.75) is 31.7 Å². The molecule has 26 heavy (non-hydrogen) atoms. The van der Waals surface area contributed by atoms with Crippen LogP contribution in [0, 0.1) is 5.82 Å². The van der Waals surface area contributed by atoms with Gasteiger partial charge in [0, 0.05) is 37.8 Å². The van der Waals surface area contributed by atoms with Gasteiger partial charge in [-0.2, -0.15) is 0 Å². The third-order valence-corrected chi connectivity index (χ3v) is 4.85. The minimum absolute atomic E-state index is 0.220. The van der Waals surface area contributed by atoms with Crippen LogP contribution in [0.25, 0.3) is 0 Å². The van der Waals surface area contributed by atoms with Gasteiger partial charge in [-0.3, -0.25) is 9.88 Å². The molecule has 1 aliphatic rings. The average Bonchev–Trinajstić information content (AvgIpc) is 3.13. The zero-order valence-electron chi connectivity index (χ0n) is 14.6. The fraction of sp³-hybridized carbons (Fsp3) is 0.333. The summed E-state index contributed by atoms with van der Waals surface area (Å²) in [5.41, 5.74) is 2.26. The van der Waals surface area contributed by atoms with Crippen LogP contribution in [0.2, 0.25) is 0 Å². The Balaban J connectivity index is 1.39. The molecule has 134 valence electrons. The van der Waals surface area contributed by atoms with E-state index in [2.05, 4.69) is 20.9 Å². The monoisotopic (exact) mass is 351 g/mol. The number of rotatable bonds is 5. The van der Waals surface area contributed by atoms with Crippen LogP contribution in [0.1, 0.15) is 41.5 Å². The first kappa shape index (κ1) is 16.9. The third-order valence-electron chi connectivity index (χ3n) is 4.85. The molecule has 2 aromatic heterocycles. The van der Waals surface area contributed by atoms with E-state index in [-0.39, 0.29) is 5.82 Å². The number of hydrogen-bond donors (Lipinski definition) is 0. The molecule has 1 aliphatic heterocycles. The molecule has 3 heterocycles. The molecule has 0 amide bonds. The highest BCUT2D eigenvalue weighted by atomic mass is 19.1. The number of oxazole rings is 1. The lowest BCUT2D eigenvalue weighted by Gasteiger charge is -2.31. The molecule has 4 rings (SSSR count). The molecular formula is C21H22FN3O. The quantitative estimate of drug-likeness (QED) is 0.692. The molecular weight excluding hydrogens is 329 g/mol. The zero-order chi connectivity index (χ0) is 17.8. The standard InChI is InChI=1S/C21H22FN3O/c22-19-7-5-16(6-8-19)11-20-13-24-21(26-20)18-4-2-10-25(15-18)14-17-3-1-9-23-12-17/h1,3,5-9,12-13,18H,2,4,10-11,14-15H2/t18-/m1/s1. The first-order valence-electron chi connectivity index (χ1n) is 9.06. The smallest absolute Gasteiger partial charge is 0.198 e. The summed E-state index contributed by atoms with van der Waals surface area (Å²) in [7, 11) is 0. The van der Waals surface area contributed by atoms with Crippen molar-refractivity contribution in [1.82, 2.24) is 14.9 Å². The van der Waals surface area contributed by atoms with Crippen LogP contribution in [-0.2, 0) is 13.0 Å². The summed E-state index contributed by atoms with van der Waals surface area (Å²) >= 11 is 0. The second-order valence-corrected chi connectivity index (χ2v) is 6.90. The number of likely N-dealkylation sites (tertiary alicyclic amines) is 1. The SMILES string of the molecule is Fc1ccc(Cc2cnc([C@@H]3CCCN(Cc4cccnc4)C3)o2)cc1. The second-order valence-electron chi connectivity index (χ2n) is 6.90. The van der Waals surface area contributed by atoms with Crippen molar-refractivity contribution in [3.8, 4) is 0 Å². The fourth-order valence-corrected chi connectivity index (χ4v) is 3.55. The second kappa shape index (κ2) is 7.79. The van der Waals surface area contributed by atoms with Crippen LogP contribution in [0.3, 0.4) is 0 Å². The van der Waals surface area contributed by atoms with Crippen LogP contribution >= 0.6 is 0 Å². The lowest BCUT2D eigenvalue weighted by molar-refractivity contribution is 0.185. The first-order valence-corrected chi connectivity index (χ1v) is 9.06. The van der Waals surface area contributed by atoms with Crippen molar-refractivity contribution in [1.29, 1.82) is 0 Å². The van der Waals surface area contributed by atoms with Gasteiger partial charge in [-0.05, 0) is 48.7 Å². The number of hydrogen-bond acceptors (Lipinski definition) is 4. The summed E-state index contributed by atoms with van der Waals surface area (Å²) in [4.78, 5) is 11.1. The summed E-state index contributed by atoms with van der Waals surface area (Å²) < 4.78 is 19.0. The van der Waals surface area contributed by atoms with Gasteiger partial charge in [-0.1, -0.05) is 18.2 Å². The molecule has 1 atom stereocenters. The van der Waals surface area contributed by atoms with E-state index in [0.29, 0.717) is 12.3 Å². The lowest BCUT2D eigenvalue weighted by atomic mass is 9.97. The highest BCUT2D eigenvalue weighted by molar-refractivity contribution is 5.20. The molecule has 0 spiro atoms. The predicted molar refractivity (Wildman–Crippen MR) is 97.2 cm³/mol. The molecule has 0 aliphatic carbocycles. The van der Waals surface area contributed by atoms with Gasteiger partial charge in [0.05, 0.1) is 6.20 Å². The Labute approximate surface area is 152 Å². The number of pyridine rings is 1. The van der Waals surface area contributed by atoms with Gasteiger partial charge in [-0.15, -0.1) is 0 Å². The Morgan fingerprint density at radius 2 is 2.00 bits per heavy atom. The maximum atomic E-state index is 13.0. The Kier molecular flexibility index (Phi) is 5.07. The van der Waals surface area contributed by atoms with Crippen molar-refractivity contribution in [3.05, 3.63) is 83.6 Å². The van der Waals surface area contributed by atoms with E-state index in [0.717, 1.165) is 49.7 Å². The minimum atomic E-state index is -0.220. The lowest BCUT2D eigenvalue weighted by Crippen LogP contribution is -2.34. The highest BCUT2D eigenvalue weighted by Gasteiger charge is 2.25. The summed E-state index contributed by atoms with van der Waals surface area (Å²) in [6.07, 6.45) is 8.41. The molecule has 1 saturated heterocycles. The van der Waals surface area contributed by atoms with Crippen molar-refractivity contribution < 1.29 is 8.81 Å². The van der Waals surface area contributed by atoms with Crippen LogP contribution in [-0.4, -0.2) is 28.0 Å². The number of halogens is 1. The number of benzene rings is 1. The predicted octanol–water partition coefficient (Wildman–Crippen LogP) is 4.18. The first-order chi connectivity index (χ1) is 12.8. The van der Waals surface area contributed by atoms with Gasteiger partial charge in [0.15, 0.2) is 5.89 Å². The van der Waals surface area contributed by atoms with Crippen molar-refractivity contribution in [3.63, 3.8) is 0 Å². The average molecular weight is 351 g/mol. The molecule has 5 heteroatoms. The van der Waals surface area contributed by atoms with E-state index >= 15 is 0 Å². The Bertz CT molecular complexity index is 832. The molecule has 1 aromatic carbocycles. The van der Waals surface area contributed by atoms with Gasteiger partial charge >= 0.3 is 0 Å². The van der Waals surface area contributed by atoms with Crippen LogP contribution in [0.5, 0.6) is 0 Å². The Morgan fingerprint density at radius 3 is 2.81 bits per heavy atom. The third kappa shape index (κ3) is 4.17. The normalized spacial score (nSPS) is 18.1. The number of nitrogens with zero attached hydrogens (tertiary/aromatic N) is 3. The summed E-state index contributed by atoms with van der Waals surface area (Å²) in [6, 6.07) is 10.6. The maximum absolute atomic E-state index is 13.0. The fourth-order valence-electron chi connectivity index (χ4n) is 3.55. The van der Waals surface area contributed by atoms with Crippen LogP contribution < -0.4 is 0 Å². The Morgan fingerprint density at radius 1 is 1.12 bits per heavy atom. The maximum Gasteiger partial charge on any atom is 0.198 e. The van der Waals surface area contributed by atoms with Gasteiger partial charge in [0.2, 0.25) is 0 Å². The molecule has 1 fully saturated rings. The topological polar surface area (TPSA) is 42.2 Å². The van der Waals surface area contributed by atoms with Gasteiger partial charge < -0.3 is 4.42 Å². The van der Waals surface area contributed by atoms with E-state index in [1.165, 1.54) is 17.7 Å². The molecule has 0 N–H and O–H groups in total. The molecule has 3 aromatic rings. The van der Waals surface area contributed by atoms with E-state index in [1.54, 1.807) is 24.5 Å². The van der Waals surface area contributed by atoms with Gasteiger partial charge in [0.1, 0.15) is 11.6 Å². The largest absolute Gasteiger partial charge is 0.445 e. The van der Waals surface area contributed by atoms with Gasteiger partial charge in [-0.25, -0.2) is 9.37 Å². The van der Waals surface area contributed by atoms with E-state index < -0.39 is 0 Å². The van der Waals surface area contributed by atoms with Crippen molar-refractivity contribution in [2.24, 2.45) is 0 Å². The number of piperidine rings is 1. The van der Waals surface area contributed by atoms with Crippen LogP contribution in [0.4, 0.5) is 4.39 Å². The van der Waals surface area contributed by atoms with Crippen LogP contribution in [0.15, 0.2) is 59.4 Å². The molecule has 0 bridgehead atoms. The molecule has 0 radical (unpaired) electrons. The molecule has 0 unspecified atom stereocenters. The van der Waals surface area contributed by atoms with Crippen molar-refractivity contribution >= 4 is 0 Å². The Hall–Kier alpha value is -2.53. The minimum Gasteiger partial charge on any atom is -0.445 e. The van der Waals surface area contributed by atoms with Gasteiger partial charge in [0.25, 0.3) is 0 Å². The van der Waals surface area contributed by atoms with Crippen molar-refractivity contribution in [2.75, 3.05) is 13.1 Å². The summed E-state index contributed by atoms with van der Waals surface area (Å²) in [5.74, 6) is 1.75. The molecule has 4 nitrogen and oxygen atoms in total. The summed E-state index contributed by atoms with van der Waals surface area (Å²) in [5, 5.41) is 0. The highest BCUT2D eigenvalue weighted by Crippen LogP contribution is 2.28. The molecule has 0 saturated carbocycles.